The third-order valence-electron chi connectivity index (χ3n) is 9.07. The Bertz CT molecular complexity index is 1430. The van der Waals surface area contributed by atoms with Crippen LogP contribution in [0.4, 0.5) is 5.69 Å². The second-order valence-corrected chi connectivity index (χ2v) is 10.3. The Labute approximate surface area is 216 Å². The number of carbonyl (C=O) groups excluding carboxylic acids is 1. The fourth-order valence-electron chi connectivity index (χ4n) is 7.72. The highest BCUT2D eigenvalue weighted by molar-refractivity contribution is 6.01. The molecule has 3 aliphatic carbocycles. The second kappa shape index (κ2) is 8.09. The SMILES string of the molecule is COc1ccc(N2C(=O)[C@H]3[C@H](C4c5ccccc5C3([C@H](C)OC)c3ccccc34)[C@H]2c2ccco2)cc1. The molecule has 0 saturated carbocycles. The maximum absolute atomic E-state index is 14.8. The molecule has 37 heavy (non-hydrogen) atoms. The van der Waals surface area contributed by atoms with Crippen molar-refractivity contribution in [3.8, 4) is 5.75 Å². The molecule has 0 radical (unpaired) electrons. The van der Waals surface area contributed by atoms with Crippen molar-refractivity contribution in [2.45, 2.75) is 30.4 Å². The van der Waals surface area contributed by atoms with E-state index in [9.17, 15) is 4.79 Å². The van der Waals surface area contributed by atoms with Crippen molar-refractivity contribution in [3.63, 3.8) is 0 Å². The van der Waals surface area contributed by atoms with Gasteiger partial charge in [-0.25, -0.2) is 0 Å². The number of rotatable bonds is 5. The Morgan fingerprint density at radius 3 is 2.08 bits per heavy atom. The van der Waals surface area contributed by atoms with Crippen LogP contribution in [0.25, 0.3) is 0 Å². The Balaban J connectivity index is 1.54. The van der Waals surface area contributed by atoms with Gasteiger partial charge in [0, 0.05) is 24.6 Å². The van der Waals surface area contributed by atoms with Gasteiger partial charge < -0.3 is 18.8 Å². The molecule has 2 heterocycles. The first-order valence-electron chi connectivity index (χ1n) is 12.8. The van der Waals surface area contributed by atoms with Crippen LogP contribution in [-0.4, -0.2) is 26.2 Å². The zero-order valence-corrected chi connectivity index (χ0v) is 21.1. The summed E-state index contributed by atoms with van der Waals surface area (Å²) in [7, 11) is 3.41. The van der Waals surface area contributed by atoms with Gasteiger partial charge >= 0.3 is 0 Å². The average Bonchev–Trinajstić information content (AvgIpc) is 3.59. The molecular formula is C32H29NO4. The van der Waals surface area contributed by atoms with Crippen LogP contribution in [0.5, 0.6) is 5.75 Å². The van der Waals surface area contributed by atoms with Crippen molar-refractivity contribution in [2.75, 3.05) is 19.1 Å². The molecule has 0 N–H and O–H groups in total. The topological polar surface area (TPSA) is 51.9 Å². The molecule has 5 nitrogen and oxygen atoms in total. The molecule has 4 atom stereocenters. The predicted octanol–water partition coefficient (Wildman–Crippen LogP) is 6.09. The van der Waals surface area contributed by atoms with E-state index in [1.165, 1.54) is 22.3 Å². The highest BCUT2D eigenvalue weighted by Gasteiger charge is 2.70. The number of ether oxygens (including phenoxy) is 2. The summed E-state index contributed by atoms with van der Waals surface area (Å²) in [5, 5.41) is 0. The van der Waals surface area contributed by atoms with E-state index >= 15 is 0 Å². The van der Waals surface area contributed by atoms with Crippen molar-refractivity contribution >= 4 is 11.6 Å². The normalized spacial score (nSPS) is 28.0. The number of amides is 1. The van der Waals surface area contributed by atoms with Gasteiger partial charge in [-0.15, -0.1) is 0 Å². The number of hydrogen-bond donors (Lipinski definition) is 0. The minimum Gasteiger partial charge on any atom is -0.497 e. The summed E-state index contributed by atoms with van der Waals surface area (Å²) in [6.45, 7) is 2.11. The van der Waals surface area contributed by atoms with Crippen LogP contribution in [0.15, 0.2) is 95.6 Å². The van der Waals surface area contributed by atoms with Gasteiger partial charge in [0.05, 0.1) is 36.9 Å². The van der Waals surface area contributed by atoms with E-state index in [0.717, 1.165) is 17.2 Å². The number of carbonyl (C=O) groups is 1. The van der Waals surface area contributed by atoms with E-state index < -0.39 is 5.41 Å². The molecule has 0 unspecified atom stereocenters. The third kappa shape index (κ3) is 2.75. The van der Waals surface area contributed by atoms with Gasteiger partial charge in [0.15, 0.2) is 0 Å². The molecule has 0 spiro atoms. The van der Waals surface area contributed by atoms with Crippen molar-refractivity contribution in [2.24, 2.45) is 11.8 Å². The Kier molecular flexibility index (Phi) is 4.89. The Morgan fingerprint density at radius 1 is 0.865 bits per heavy atom. The lowest BCUT2D eigenvalue weighted by molar-refractivity contribution is -0.126. The summed E-state index contributed by atoms with van der Waals surface area (Å²) in [6.07, 6.45) is 1.48. The van der Waals surface area contributed by atoms with Crippen LogP contribution in [0, 0.1) is 11.8 Å². The zero-order chi connectivity index (χ0) is 25.3. The van der Waals surface area contributed by atoms with Crippen molar-refractivity contribution in [3.05, 3.63) is 119 Å². The van der Waals surface area contributed by atoms with Crippen LogP contribution in [0.3, 0.4) is 0 Å². The van der Waals surface area contributed by atoms with E-state index in [1.807, 2.05) is 41.3 Å². The molecule has 186 valence electrons. The van der Waals surface area contributed by atoms with Gasteiger partial charge in [0.1, 0.15) is 11.5 Å². The third-order valence-corrected chi connectivity index (χ3v) is 9.07. The minimum absolute atomic E-state index is 0.0249. The molecule has 1 aromatic heterocycles. The van der Waals surface area contributed by atoms with Crippen LogP contribution in [0.1, 0.15) is 46.9 Å². The van der Waals surface area contributed by atoms with Crippen molar-refractivity contribution in [1.82, 2.24) is 0 Å². The first kappa shape index (κ1) is 22.4. The number of methoxy groups -OCH3 is 2. The Morgan fingerprint density at radius 2 is 1.51 bits per heavy atom. The first-order valence-corrected chi connectivity index (χ1v) is 12.8. The molecule has 1 saturated heterocycles. The standard InChI is InChI=1S/C32H29NO4/c1-19(35-2)32-24-11-6-4-9-22(24)27(23-10-5-7-12-25(23)32)28-29(32)31(34)33(30(28)26-13-8-18-37-26)20-14-16-21(36-3)17-15-20/h4-19,27-30H,1-3H3/t19-,27?,28-,29+,30+,32?/m0/s1. The maximum Gasteiger partial charge on any atom is 0.232 e. The van der Waals surface area contributed by atoms with Crippen molar-refractivity contribution in [1.29, 1.82) is 0 Å². The second-order valence-electron chi connectivity index (χ2n) is 10.3. The lowest BCUT2D eigenvalue weighted by Crippen LogP contribution is -2.58. The first-order chi connectivity index (χ1) is 18.1. The van der Waals surface area contributed by atoms with E-state index in [1.54, 1.807) is 20.5 Å². The summed E-state index contributed by atoms with van der Waals surface area (Å²) in [5.74, 6) is 1.39. The van der Waals surface area contributed by atoms with E-state index in [-0.39, 0.29) is 35.8 Å². The molecule has 4 aliphatic rings. The highest BCUT2D eigenvalue weighted by Crippen LogP contribution is 2.69. The summed E-state index contributed by atoms with van der Waals surface area (Å²) in [5.41, 5.74) is 5.20. The summed E-state index contributed by atoms with van der Waals surface area (Å²) < 4.78 is 17.6. The molecule has 1 amide bonds. The summed E-state index contributed by atoms with van der Waals surface area (Å²) in [4.78, 5) is 16.8. The molecule has 8 rings (SSSR count). The highest BCUT2D eigenvalue weighted by atomic mass is 16.5. The van der Waals surface area contributed by atoms with Gasteiger partial charge in [-0.3, -0.25) is 4.79 Å². The van der Waals surface area contributed by atoms with Crippen LogP contribution < -0.4 is 9.64 Å². The summed E-state index contributed by atoms with van der Waals surface area (Å²) in [6, 6.07) is 28.7. The van der Waals surface area contributed by atoms with Crippen LogP contribution in [0.2, 0.25) is 0 Å². The molecule has 5 heteroatoms. The van der Waals surface area contributed by atoms with Crippen LogP contribution in [-0.2, 0) is 14.9 Å². The van der Waals surface area contributed by atoms with E-state index in [0.29, 0.717) is 0 Å². The van der Waals surface area contributed by atoms with Gasteiger partial charge in [-0.05, 0) is 65.6 Å². The van der Waals surface area contributed by atoms with Gasteiger partial charge in [-0.1, -0.05) is 48.5 Å². The lowest BCUT2D eigenvalue weighted by atomic mass is 9.45. The molecule has 1 fully saturated rings. The predicted molar refractivity (Wildman–Crippen MR) is 141 cm³/mol. The Hall–Kier alpha value is -3.83. The maximum atomic E-state index is 14.8. The molecule has 1 aliphatic heterocycles. The number of nitrogens with zero attached hydrogens (tertiary/aromatic N) is 1. The van der Waals surface area contributed by atoms with Gasteiger partial charge in [-0.2, -0.15) is 0 Å². The number of anilines is 1. The minimum atomic E-state index is -0.621. The van der Waals surface area contributed by atoms with E-state index in [2.05, 4.69) is 55.5 Å². The quantitative estimate of drug-likeness (QED) is 0.339. The largest absolute Gasteiger partial charge is 0.497 e. The number of furan rings is 1. The molecule has 4 aromatic rings. The van der Waals surface area contributed by atoms with Crippen LogP contribution >= 0.6 is 0 Å². The zero-order valence-electron chi connectivity index (χ0n) is 21.1. The number of hydrogen-bond acceptors (Lipinski definition) is 4. The number of benzene rings is 3. The molecule has 3 aromatic carbocycles. The fourth-order valence-corrected chi connectivity index (χ4v) is 7.72. The average molecular weight is 492 g/mol. The van der Waals surface area contributed by atoms with Crippen molar-refractivity contribution < 1.29 is 18.7 Å². The molecular weight excluding hydrogens is 462 g/mol. The van der Waals surface area contributed by atoms with Gasteiger partial charge in [0.25, 0.3) is 0 Å². The summed E-state index contributed by atoms with van der Waals surface area (Å²) >= 11 is 0. The lowest BCUT2D eigenvalue weighted by Gasteiger charge is -2.57. The molecule has 2 bridgehead atoms. The fraction of sp³-hybridized carbons (Fsp3) is 0.281. The van der Waals surface area contributed by atoms with E-state index in [4.69, 9.17) is 13.9 Å². The van der Waals surface area contributed by atoms with Gasteiger partial charge in [0.2, 0.25) is 5.91 Å². The smallest absolute Gasteiger partial charge is 0.232 e. The monoisotopic (exact) mass is 491 g/mol.